The van der Waals surface area contributed by atoms with Crippen LogP contribution in [-0.4, -0.2) is 93.7 Å². The monoisotopic (exact) mass is 756 g/mol. The zero-order chi connectivity index (χ0) is 37.8. The summed E-state index contributed by atoms with van der Waals surface area (Å²) in [5, 5.41) is 8.01. The van der Waals surface area contributed by atoms with E-state index in [0.717, 1.165) is 0 Å². The summed E-state index contributed by atoms with van der Waals surface area (Å²) in [5.74, 6) is -59.9. The van der Waals surface area contributed by atoms with Crippen molar-refractivity contribution in [2.75, 3.05) is 25.4 Å². The average molecular weight is 757 g/mol. The van der Waals surface area contributed by atoms with E-state index < -0.39 is 83.9 Å². The Hall–Kier alpha value is -2.52. The van der Waals surface area contributed by atoms with Crippen LogP contribution in [-0.2, 0) is 16.1 Å². The van der Waals surface area contributed by atoms with Crippen molar-refractivity contribution in [3.8, 4) is 0 Å². The lowest BCUT2D eigenvalue weighted by Crippen LogP contribution is -2.74. The number of hydrogen-bond donors (Lipinski definition) is 1. The first-order valence-corrected chi connectivity index (χ1v) is 14.4. The number of rotatable bonds is 19. The fourth-order valence-corrected chi connectivity index (χ4v) is 5.20. The van der Waals surface area contributed by atoms with Gasteiger partial charge in [-0.25, -0.2) is 0 Å². The molecule has 0 amide bonds. The van der Waals surface area contributed by atoms with Gasteiger partial charge < -0.3 is 9.59 Å². The van der Waals surface area contributed by atoms with Crippen molar-refractivity contribution in [3.63, 3.8) is 0 Å². The lowest BCUT2D eigenvalue weighted by Gasteiger charge is -2.42. The summed E-state index contributed by atoms with van der Waals surface area (Å²) in [7, 11) is 0. The molecule has 1 N–H and O–H groups in total. The molecule has 1 rings (SSSR count). The number of nitrogens with zero attached hydrogens (tertiary/aromatic N) is 1. The molecular weight excluding hydrogens is 729 g/mol. The van der Waals surface area contributed by atoms with Gasteiger partial charge in [-0.05, 0) is 6.42 Å². The summed E-state index contributed by atoms with van der Waals surface area (Å²) in [4.78, 5) is 24.0. The third-order valence-electron chi connectivity index (χ3n) is 7.08. The molecule has 0 aliphatic carbocycles. The zero-order valence-corrected chi connectivity index (χ0v) is 25.1. The molecule has 22 heteroatoms. The van der Waals surface area contributed by atoms with E-state index in [4.69, 9.17) is 5.11 Å². The van der Waals surface area contributed by atoms with Gasteiger partial charge in [0.15, 0.2) is 0 Å². The van der Waals surface area contributed by atoms with Gasteiger partial charge in [0.05, 0.1) is 19.5 Å². The molecule has 0 aliphatic heterocycles. The van der Waals surface area contributed by atoms with Crippen molar-refractivity contribution >= 4 is 22.8 Å². The molecule has 0 spiro atoms. The number of hydrogen-bond acceptors (Lipinski definition) is 3. The predicted molar refractivity (Wildman–Crippen MR) is 135 cm³/mol. The number of carboxylic acid groups (broad SMARTS) is 1. The highest BCUT2D eigenvalue weighted by atomic mass is 32.2. The second-order valence-electron chi connectivity index (χ2n) is 10.7. The third-order valence-corrected chi connectivity index (χ3v) is 7.94. The van der Waals surface area contributed by atoms with Gasteiger partial charge in [-0.15, -0.1) is 0 Å². The SMILES string of the molecule is CCCC[N+](CCC(=O)O)(CC(=O)SCCC(F)(F)C(F)(F)C(F)(F)C(F)(F)C(F)(F)C(F)(F)C(F)(F)C(F)(F)F)Cc1ccccc1. The number of carbonyl (C=O) groups excluding carboxylic acids is 1. The number of quaternary nitrogens is 1. The molecule has 0 fully saturated rings. The Bertz CT molecular complexity index is 1240. The maximum absolute atomic E-state index is 14.3. The summed E-state index contributed by atoms with van der Waals surface area (Å²) >= 11 is -0.281. The van der Waals surface area contributed by atoms with E-state index in [0.29, 0.717) is 18.4 Å². The molecule has 0 heterocycles. The molecule has 0 saturated carbocycles. The topological polar surface area (TPSA) is 54.4 Å². The Labute approximate surface area is 265 Å². The Morgan fingerprint density at radius 2 is 1.15 bits per heavy atom. The number of benzene rings is 1. The van der Waals surface area contributed by atoms with Crippen LogP contribution in [0, 0.1) is 0 Å². The Kier molecular flexibility index (Phi) is 13.4. The minimum absolute atomic E-state index is 0.0256. The molecule has 0 aromatic heterocycles. The Morgan fingerprint density at radius 3 is 1.58 bits per heavy atom. The molecule has 1 aromatic carbocycles. The van der Waals surface area contributed by atoms with Crippen LogP contribution in [0.25, 0.3) is 0 Å². The minimum atomic E-state index is -8.71. The highest BCUT2D eigenvalue weighted by Gasteiger charge is 2.95. The number of carboxylic acids is 1. The zero-order valence-electron chi connectivity index (χ0n) is 24.3. The molecule has 1 aromatic rings. The largest absolute Gasteiger partial charge is 0.481 e. The van der Waals surface area contributed by atoms with Crippen LogP contribution < -0.4 is 0 Å². The standard InChI is InChI=1S/C26H26F17NO3S/c1-2-3-11-44(12-9-17(45)46,14-16-7-5-4-6-8-16)15-18(47)48-13-10-19(27,28)20(29,30)21(31,32)22(33,34)23(35,36)24(37,38)25(39,40)26(41,42)43/h4-8H,2-3,9-15H2,1H3/p+1. The van der Waals surface area contributed by atoms with Crippen molar-refractivity contribution in [3.05, 3.63) is 35.9 Å². The Morgan fingerprint density at radius 1 is 0.688 bits per heavy atom. The lowest BCUT2D eigenvalue weighted by molar-refractivity contribution is -0.933. The highest BCUT2D eigenvalue weighted by Crippen LogP contribution is 2.64. The minimum Gasteiger partial charge on any atom is -0.481 e. The van der Waals surface area contributed by atoms with E-state index in [1.165, 1.54) is 0 Å². The fraction of sp³-hybridized carbons (Fsp3) is 0.692. The molecule has 0 bridgehead atoms. The summed E-state index contributed by atoms with van der Waals surface area (Å²) in [5.41, 5.74) is 0.557. The maximum atomic E-state index is 14.3. The summed E-state index contributed by atoms with van der Waals surface area (Å²) in [6.45, 7) is 0.871. The first-order chi connectivity index (χ1) is 21.4. The van der Waals surface area contributed by atoms with Crippen LogP contribution in [0.4, 0.5) is 74.6 Å². The van der Waals surface area contributed by atoms with Crippen LogP contribution in [0.3, 0.4) is 0 Å². The molecule has 1 atom stereocenters. The fourth-order valence-electron chi connectivity index (χ4n) is 4.25. The predicted octanol–water partition coefficient (Wildman–Crippen LogP) is 8.94. The van der Waals surface area contributed by atoms with Gasteiger partial charge in [-0.1, -0.05) is 55.4 Å². The molecule has 48 heavy (non-hydrogen) atoms. The maximum Gasteiger partial charge on any atom is 0.460 e. The van der Waals surface area contributed by atoms with Gasteiger partial charge in [-0.3, -0.25) is 9.59 Å². The second kappa shape index (κ2) is 14.8. The van der Waals surface area contributed by atoms with E-state index in [1.54, 1.807) is 37.3 Å². The van der Waals surface area contributed by atoms with Crippen LogP contribution in [0.1, 0.15) is 38.2 Å². The average Bonchev–Trinajstić information content (AvgIpc) is 2.94. The van der Waals surface area contributed by atoms with Gasteiger partial charge in [0.2, 0.25) is 5.12 Å². The molecule has 0 radical (unpaired) electrons. The quantitative estimate of drug-likeness (QED) is 0.113. The van der Waals surface area contributed by atoms with Gasteiger partial charge in [0.25, 0.3) is 0 Å². The normalized spacial score (nSPS) is 15.7. The number of thioether (sulfide) groups is 1. The first kappa shape index (κ1) is 43.5. The molecule has 4 nitrogen and oxygen atoms in total. The first-order valence-electron chi connectivity index (χ1n) is 13.4. The number of carbonyl (C=O) groups is 2. The van der Waals surface area contributed by atoms with Crippen molar-refractivity contribution in [2.24, 2.45) is 0 Å². The van der Waals surface area contributed by atoms with Gasteiger partial charge >= 0.3 is 53.6 Å². The third kappa shape index (κ3) is 8.43. The lowest BCUT2D eigenvalue weighted by atomic mass is 9.88. The van der Waals surface area contributed by atoms with Crippen molar-refractivity contribution in [2.45, 2.75) is 86.8 Å². The molecular formula is C26H27F17NO3S+. The number of unbranched alkanes of at least 4 members (excludes halogenated alkanes) is 1. The smallest absolute Gasteiger partial charge is 0.460 e. The van der Waals surface area contributed by atoms with Crippen LogP contribution in [0.15, 0.2) is 30.3 Å². The van der Waals surface area contributed by atoms with E-state index in [9.17, 15) is 84.2 Å². The van der Waals surface area contributed by atoms with E-state index in [2.05, 4.69) is 0 Å². The highest BCUT2D eigenvalue weighted by molar-refractivity contribution is 8.13. The van der Waals surface area contributed by atoms with Gasteiger partial charge in [0.1, 0.15) is 13.1 Å². The number of aliphatic carboxylic acids is 1. The number of alkyl halides is 17. The van der Waals surface area contributed by atoms with Gasteiger partial charge in [-0.2, -0.15) is 74.6 Å². The Balaban J connectivity index is 3.29. The number of halogens is 17. The molecule has 0 aliphatic rings. The summed E-state index contributed by atoms with van der Waals surface area (Å²) < 4.78 is 229. The molecule has 1 unspecified atom stereocenters. The van der Waals surface area contributed by atoms with Crippen LogP contribution >= 0.6 is 11.8 Å². The van der Waals surface area contributed by atoms with Gasteiger partial charge in [0, 0.05) is 17.7 Å². The second-order valence-corrected chi connectivity index (χ2v) is 11.9. The van der Waals surface area contributed by atoms with E-state index in [-0.39, 0.29) is 35.9 Å². The van der Waals surface area contributed by atoms with Crippen molar-refractivity contribution < 1.29 is 93.8 Å². The molecule has 0 saturated heterocycles. The van der Waals surface area contributed by atoms with E-state index >= 15 is 0 Å². The van der Waals surface area contributed by atoms with E-state index in [1.807, 2.05) is 0 Å². The molecule has 278 valence electrons. The van der Waals surface area contributed by atoms with Crippen molar-refractivity contribution in [1.29, 1.82) is 0 Å². The van der Waals surface area contributed by atoms with Crippen LogP contribution in [0.2, 0.25) is 0 Å². The van der Waals surface area contributed by atoms with Crippen LogP contribution in [0.5, 0.6) is 0 Å². The van der Waals surface area contributed by atoms with Crippen molar-refractivity contribution in [1.82, 2.24) is 0 Å². The summed E-state index contributed by atoms with van der Waals surface area (Å²) in [6.07, 6.45) is -10.2. The summed E-state index contributed by atoms with van der Waals surface area (Å²) in [6, 6.07) is 7.94.